The fraction of sp³-hybridized carbons (Fsp3) is 0.462. The number of rotatable bonds is 3. The van der Waals surface area contributed by atoms with Gasteiger partial charge in [-0.15, -0.1) is 0 Å². The molecule has 21 heavy (non-hydrogen) atoms. The topological polar surface area (TPSA) is 90.8 Å². The van der Waals surface area contributed by atoms with Crippen molar-refractivity contribution in [1.82, 2.24) is 9.47 Å². The first-order valence-electron chi connectivity index (χ1n) is 6.66. The molecule has 1 aliphatic rings. The molecule has 0 spiro atoms. The molecule has 0 N–H and O–H groups in total. The van der Waals surface area contributed by atoms with E-state index in [1.807, 2.05) is 6.92 Å². The summed E-state index contributed by atoms with van der Waals surface area (Å²) >= 11 is 0. The number of non-ortho nitro benzene ring substituents is 1. The molecule has 112 valence electrons. The smallest absolute Gasteiger partial charge is 0.408 e. The average Bonchev–Trinajstić information content (AvgIpc) is 2.74. The fourth-order valence-electron chi connectivity index (χ4n) is 2.52. The molecule has 3 rings (SSSR count). The van der Waals surface area contributed by atoms with Crippen molar-refractivity contribution in [3.8, 4) is 0 Å². The third-order valence-corrected chi connectivity index (χ3v) is 3.53. The molecule has 8 heteroatoms. The predicted molar refractivity (Wildman–Crippen MR) is 74.1 cm³/mol. The normalized spacial score (nSPS) is 20.0. The zero-order valence-corrected chi connectivity index (χ0v) is 11.5. The molecule has 0 aliphatic carbocycles. The number of hydrogen-bond acceptors (Lipinski definition) is 6. The van der Waals surface area contributed by atoms with Crippen molar-refractivity contribution in [3.63, 3.8) is 0 Å². The van der Waals surface area contributed by atoms with Gasteiger partial charge in [-0.05, 0) is 13.0 Å². The molecule has 8 nitrogen and oxygen atoms in total. The summed E-state index contributed by atoms with van der Waals surface area (Å²) in [6.45, 7) is 4.31. The van der Waals surface area contributed by atoms with Crippen molar-refractivity contribution in [1.29, 1.82) is 0 Å². The van der Waals surface area contributed by atoms with E-state index in [2.05, 4.69) is 4.90 Å². The lowest BCUT2D eigenvalue weighted by molar-refractivity contribution is -0.384. The Morgan fingerprint density at radius 2 is 2.29 bits per heavy atom. The van der Waals surface area contributed by atoms with Gasteiger partial charge in [0, 0.05) is 25.2 Å². The number of fused-ring (bicyclic) bond motifs is 1. The lowest BCUT2D eigenvalue weighted by Gasteiger charge is -2.30. The second-order valence-electron chi connectivity index (χ2n) is 5.10. The summed E-state index contributed by atoms with van der Waals surface area (Å²) in [4.78, 5) is 24.4. The zero-order valence-electron chi connectivity index (χ0n) is 11.5. The van der Waals surface area contributed by atoms with Crippen LogP contribution in [0.5, 0.6) is 0 Å². The van der Waals surface area contributed by atoms with E-state index in [1.54, 1.807) is 0 Å². The number of oxazole rings is 1. The number of nitro benzene ring substituents is 1. The maximum atomic E-state index is 11.9. The summed E-state index contributed by atoms with van der Waals surface area (Å²) in [6, 6.07) is 4.14. The van der Waals surface area contributed by atoms with Crippen molar-refractivity contribution in [2.45, 2.75) is 19.7 Å². The first-order valence-corrected chi connectivity index (χ1v) is 6.66. The van der Waals surface area contributed by atoms with E-state index in [0.29, 0.717) is 37.5 Å². The summed E-state index contributed by atoms with van der Waals surface area (Å²) in [5.74, 6) is -0.510. The molecule has 1 fully saturated rings. The second-order valence-corrected chi connectivity index (χ2v) is 5.10. The van der Waals surface area contributed by atoms with Crippen LogP contribution in [-0.4, -0.2) is 40.2 Å². The second kappa shape index (κ2) is 5.30. The standard InChI is InChI=1S/C13H15N3O5/c1-9-7-14(4-5-20-9)8-15-11-6-10(16(18)19)2-3-12(11)21-13(15)17/h2-3,6,9H,4-5,7-8H2,1H3/t9-/m1/s1. The average molecular weight is 293 g/mol. The van der Waals surface area contributed by atoms with Crippen LogP contribution in [0, 0.1) is 10.1 Å². The molecule has 0 bridgehead atoms. The quantitative estimate of drug-likeness (QED) is 0.623. The first kappa shape index (κ1) is 13.8. The number of nitrogens with zero attached hydrogens (tertiary/aromatic N) is 3. The van der Waals surface area contributed by atoms with Gasteiger partial charge in [0.2, 0.25) is 0 Å². The van der Waals surface area contributed by atoms with Crippen LogP contribution in [0.1, 0.15) is 6.92 Å². The van der Waals surface area contributed by atoms with E-state index in [0.717, 1.165) is 0 Å². The number of morpholine rings is 1. The largest absolute Gasteiger partial charge is 0.421 e. The van der Waals surface area contributed by atoms with Gasteiger partial charge in [0.05, 0.1) is 29.8 Å². The molecule has 1 atom stereocenters. The van der Waals surface area contributed by atoms with Gasteiger partial charge >= 0.3 is 5.76 Å². The highest BCUT2D eigenvalue weighted by molar-refractivity contribution is 5.75. The predicted octanol–water partition coefficient (Wildman–Crippen LogP) is 1.18. The third kappa shape index (κ3) is 2.67. The van der Waals surface area contributed by atoms with E-state index < -0.39 is 10.7 Å². The fourth-order valence-corrected chi connectivity index (χ4v) is 2.52. The van der Waals surface area contributed by atoms with Crippen molar-refractivity contribution in [2.24, 2.45) is 0 Å². The van der Waals surface area contributed by atoms with Gasteiger partial charge in [-0.1, -0.05) is 0 Å². The van der Waals surface area contributed by atoms with Crippen molar-refractivity contribution >= 4 is 16.8 Å². The summed E-state index contributed by atoms with van der Waals surface area (Å²) < 4.78 is 12.0. The van der Waals surface area contributed by atoms with Gasteiger partial charge in [0.25, 0.3) is 5.69 Å². The SMILES string of the molecule is C[C@@H]1CN(Cn2c(=O)oc3ccc([N+](=O)[O-])cc32)CCO1. The first-order chi connectivity index (χ1) is 10.0. The van der Waals surface area contributed by atoms with Crippen LogP contribution in [0.4, 0.5) is 5.69 Å². The van der Waals surface area contributed by atoms with E-state index in [-0.39, 0.29) is 11.8 Å². The van der Waals surface area contributed by atoms with Gasteiger partial charge in [-0.3, -0.25) is 19.6 Å². The minimum atomic E-state index is -0.510. The van der Waals surface area contributed by atoms with Gasteiger partial charge in [-0.2, -0.15) is 0 Å². The van der Waals surface area contributed by atoms with Gasteiger partial charge < -0.3 is 9.15 Å². The number of aromatic nitrogens is 1. The van der Waals surface area contributed by atoms with E-state index in [1.165, 1.54) is 22.8 Å². The van der Waals surface area contributed by atoms with Crippen LogP contribution in [0.3, 0.4) is 0 Å². The Morgan fingerprint density at radius 3 is 3.00 bits per heavy atom. The summed E-state index contributed by atoms with van der Waals surface area (Å²) in [6.07, 6.45) is 0.0990. The monoisotopic (exact) mass is 293 g/mol. The summed E-state index contributed by atoms with van der Waals surface area (Å²) in [5.41, 5.74) is 0.729. The highest BCUT2D eigenvalue weighted by atomic mass is 16.6. The van der Waals surface area contributed by atoms with Crippen molar-refractivity contribution in [2.75, 3.05) is 19.7 Å². The number of hydrogen-bond donors (Lipinski definition) is 0. The summed E-state index contributed by atoms with van der Waals surface area (Å²) in [7, 11) is 0. The van der Waals surface area contributed by atoms with Crippen molar-refractivity contribution in [3.05, 3.63) is 38.9 Å². The minimum Gasteiger partial charge on any atom is -0.408 e. The molecule has 2 heterocycles. The van der Waals surface area contributed by atoms with Crippen LogP contribution in [0.15, 0.2) is 27.4 Å². The van der Waals surface area contributed by atoms with Crippen LogP contribution >= 0.6 is 0 Å². The number of nitro groups is 1. The molecule has 1 aromatic carbocycles. The zero-order chi connectivity index (χ0) is 15.0. The molecule has 1 aromatic heterocycles. The van der Waals surface area contributed by atoms with Gasteiger partial charge in [0.15, 0.2) is 5.58 Å². The van der Waals surface area contributed by atoms with E-state index >= 15 is 0 Å². The van der Waals surface area contributed by atoms with E-state index in [9.17, 15) is 14.9 Å². The molecule has 0 amide bonds. The van der Waals surface area contributed by atoms with Crippen LogP contribution in [0.2, 0.25) is 0 Å². The Balaban J connectivity index is 1.96. The molecular formula is C13H15N3O5. The van der Waals surface area contributed by atoms with Crippen LogP contribution < -0.4 is 5.76 Å². The Morgan fingerprint density at radius 1 is 1.48 bits per heavy atom. The Hall–Kier alpha value is -2.19. The summed E-state index contributed by atoms with van der Waals surface area (Å²) in [5, 5.41) is 10.9. The molecule has 2 aromatic rings. The molecule has 0 saturated carbocycles. The molecule has 0 radical (unpaired) electrons. The van der Waals surface area contributed by atoms with Crippen molar-refractivity contribution < 1.29 is 14.1 Å². The van der Waals surface area contributed by atoms with Gasteiger partial charge in [-0.25, -0.2) is 4.79 Å². The van der Waals surface area contributed by atoms with Gasteiger partial charge in [0.1, 0.15) is 0 Å². The molecule has 1 aliphatic heterocycles. The highest BCUT2D eigenvalue weighted by Gasteiger charge is 2.20. The lowest BCUT2D eigenvalue weighted by Crippen LogP contribution is -2.43. The Kier molecular flexibility index (Phi) is 3.48. The Labute approximate surface area is 119 Å². The van der Waals surface area contributed by atoms with Crippen LogP contribution in [-0.2, 0) is 11.4 Å². The number of ether oxygens (including phenoxy) is 1. The number of benzene rings is 1. The Bertz CT molecular complexity index is 735. The lowest BCUT2D eigenvalue weighted by atomic mass is 10.3. The highest BCUT2D eigenvalue weighted by Crippen LogP contribution is 2.20. The molecule has 0 unspecified atom stereocenters. The minimum absolute atomic E-state index is 0.0626. The molecular weight excluding hydrogens is 278 g/mol. The maximum absolute atomic E-state index is 11.9. The van der Waals surface area contributed by atoms with Crippen LogP contribution in [0.25, 0.3) is 11.1 Å². The third-order valence-electron chi connectivity index (χ3n) is 3.53. The maximum Gasteiger partial charge on any atom is 0.421 e. The molecule has 1 saturated heterocycles. The van der Waals surface area contributed by atoms with E-state index in [4.69, 9.17) is 9.15 Å².